The molecular formula is C17H18N2OS. The predicted molar refractivity (Wildman–Crippen MR) is 85.2 cm³/mol. The highest BCUT2D eigenvalue weighted by Gasteiger charge is 2.19. The molecule has 4 rings (SSSR count). The fourth-order valence-corrected chi connectivity index (χ4v) is 4.33. The number of rotatable bonds is 2. The Morgan fingerprint density at radius 2 is 1.90 bits per heavy atom. The molecule has 2 aliphatic carbocycles. The minimum atomic E-state index is -0.0317. The van der Waals surface area contributed by atoms with Crippen molar-refractivity contribution in [2.45, 2.75) is 44.9 Å². The van der Waals surface area contributed by atoms with E-state index in [1.54, 1.807) is 11.3 Å². The molecule has 2 aromatic rings. The lowest BCUT2D eigenvalue weighted by atomic mass is 9.90. The number of anilines is 1. The number of aryl methyl sites for hydroxylation is 4. The van der Waals surface area contributed by atoms with Crippen LogP contribution in [0.2, 0.25) is 0 Å². The molecule has 4 heteroatoms. The van der Waals surface area contributed by atoms with Gasteiger partial charge in [0.25, 0.3) is 5.91 Å². The average Bonchev–Trinajstić information content (AvgIpc) is 3.08. The average molecular weight is 298 g/mol. The summed E-state index contributed by atoms with van der Waals surface area (Å²) >= 11 is 1.63. The van der Waals surface area contributed by atoms with Gasteiger partial charge < -0.3 is 0 Å². The molecule has 0 saturated carbocycles. The number of nitrogens with one attached hydrogen (secondary N) is 1. The first-order chi connectivity index (χ1) is 10.3. The Labute approximate surface area is 128 Å². The largest absolute Gasteiger partial charge is 0.298 e. The van der Waals surface area contributed by atoms with E-state index in [9.17, 15) is 4.79 Å². The van der Waals surface area contributed by atoms with Gasteiger partial charge in [0.05, 0.1) is 5.69 Å². The number of hydrogen-bond donors (Lipinski definition) is 1. The number of carbonyl (C=O) groups is 1. The number of carbonyl (C=O) groups excluding carboxylic acids is 1. The molecule has 21 heavy (non-hydrogen) atoms. The van der Waals surface area contributed by atoms with E-state index < -0.39 is 0 Å². The Morgan fingerprint density at radius 1 is 1.05 bits per heavy atom. The summed E-state index contributed by atoms with van der Waals surface area (Å²) in [5.41, 5.74) is 4.69. The molecule has 0 bridgehead atoms. The van der Waals surface area contributed by atoms with Gasteiger partial charge in [-0.1, -0.05) is 6.07 Å². The molecule has 2 aliphatic rings. The van der Waals surface area contributed by atoms with E-state index in [-0.39, 0.29) is 5.91 Å². The van der Waals surface area contributed by atoms with Crippen molar-refractivity contribution in [3.63, 3.8) is 0 Å². The van der Waals surface area contributed by atoms with Gasteiger partial charge in [0.1, 0.15) is 0 Å². The van der Waals surface area contributed by atoms with Crippen LogP contribution in [0.15, 0.2) is 18.2 Å². The minimum absolute atomic E-state index is 0.0317. The summed E-state index contributed by atoms with van der Waals surface area (Å²) in [6, 6.07) is 6.12. The maximum atomic E-state index is 12.4. The van der Waals surface area contributed by atoms with E-state index in [0.717, 1.165) is 36.4 Å². The van der Waals surface area contributed by atoms with Crippen molar-refractivity contribution in [1.29, 1.82) is 0 Å². The third-order valence-electron chi connectivity index (χ3n) is 4.43. The number of nitrogens with zero attached hydrogens (tertiary/aromatic N) is 1. The normalized spacial score (nSPS) is 16.4. The standard InChI is InChI=1S/C17H18N2OS/c20-16(19-17-18-14-6-3-7-15(14)21-17)13-9-8-11-4-1-2-5-12(11)10-13/h8-10H,1-7H2,(H,18,19,20). The zero-order valence-electron chi connectivity index (χ0n) is 11.9. The highest BCUT2D eigenvalue weighted by atomic mass is 32.1. The summed E-state index contributed by atoms with van der Waals surface area (Å²) in [6.07, 6.45) is 8.12. The van der Waals surface area contributed by atoms with Gasteiger partial charge in [0.2, 0.25) is 0 Å². The molecule has 0 fully saturated rings. The summed E-state index contributed by atoms with van der Waals surface area (Å²) in [5.74, 6) is -0.0317. The van der Waals surface area contributed by atoms with E-state index in [4.69, 9.17) is 0 Å². The highest BCUT2D eigenvalue weighted by Crippen LogP contribution is 2.30. The van der Waals surface area contributed by atoms with Crippen LogP contribution >= 0.6 is 11.3 Å². The Hall–Kier alpha value is -1.68. The van der Waals surface area contributed by atoms with Gasteiger partial charge in [-0.05, 0) is 68.2 Å². The van der Waals surface area contributed by atoms with Crippen LogP contribution < -0.4 is 5.32 Å². The van der Waals surface area contributed by atoms with Crippen LogP contribution in [0.25, 0.3) is 0 Å². The molecule has 1 amide bonds. The van der Waals surface area contributed by atoms with Crippen molar-refractivity contribution >= 4 is 22.4 Å². The molecule has 108 valence electrons. The van der Waals surface area contributed by atoms with Crippen molar-refractivity contribution < 1.29 is 4.79 Å². The van der Waals surface area contributed by atoms with Crippen LogP contribution in [0.5, 0.6) is 0 Å². The van der Waals surface area contributed by atoms with Crippen LogP contribution in [0.1, 0.15) is 51.3 Å². The Kier molecular flexibility index (Phi) is 3.26. The fraction of sp³-hybridized carbons (Fsp3) is 0.412. The third kappa shape index (κ3) is 2.48. The quantitative estimate of drug-likeness (QED) is 0.917. The summed E-state index contributed by atoms with van der Waals surface area (Å²) in [4.78, 5) is 18.3. The van der Waals surface area contributed by atoms with Gasteiger partial charge in [-0.2, -0.15) is 0 Å². The van der Waals surface area contributed by atoms with E-state index in [1.165, 1.54) is 41.0 Å². The first-order valence-corrected chi connectivity index (χ1v) is 8.53. The molecule has 1 aromatic carbocycles. The Morgan fingerprint density at radius 3 is 2.76 bits per heavy atom. The second-order valence-corrected chi connectivity index (χ2v) is 6.97. The molecule has 0 radical (unpaired) electrons. The number of fused-ring (bicyclic) bond motifs is 2. The third-order valence-corrected chi connectivity index (χ3v) is 5.50. The fourth-order valence-electron chi connectivity index (χ4n) is 3.29. The predicted octanol–water partition coefficient (Wildman–Crippen LogP) is 3.76. The van der Waals surface area contributed by atoms with E-state index in [0.29, 0.717) is 0 Å². The summed E-state index contributed by atoms with van der Waals surface area (Å²) < 4.78 is 0. The first-order valence-electron chi connectivity index (χ1n) is 7.71. The number of hydrogen-bond acceptors (Lipinski definition) is 3. The van der Waals surface area contributed by atoms with Gasteiger partial charge in [-0.25, -0.2) is 4.98 Å². The molecule has 1 heterocycles. The molecule has 0 atom stereocenters. The molecule has 0 aliphatic heterocycles. The molecule has 3 nitrogen and oxygen atoms in total. The van der Waals surface area contributed by atoms with Gasteiger partial charge in [0.15, 0.2) is 5.13 Å². The van der Waals surface area contributed by atoms with Crippen LogP contribution in [0, 0.1) is 0 Å². The highest BCUT2D eigenvalue weighted by molar-refractivity contribution is 7.15. The van der Waals surface area contributed by atoms with Crippen LogP contribution in [0.4, 0.5) is 5.13 Å². The Bertz CT molecular complexity index is 683. The van der Waals surface area contributed by atoms with Crippen LogP contribution in [-0.2, 0) is 25.7 Å². The topological polar surface area (TPSA) is 42.0 Å². The number of benzene rings is 1. The van der Waals surface area contributed by atoms with Crippen LogP contribution in [0.3, 0.4) is 0 Å². The number of thiazole rings is 1. The lowest BCUT2D eigenvalue weighted by molar-refractivity contribution is 0.102. The minimum Gasteiger partial charge on any atom is -0.298 e. The first kappa shape index (κ1) is 13.0. The summed E-state index contributed by atoms with van der Waals surface area (Å²) in [7, 11) is 0. The second kappa shape index (κ2) is 5.26. The maximum Gasteiger partial charge on any atom is 0.257 e. The van der Waals surface area contributed by atoms with Crippen molar-refractivity contribution in [2.75, 3.05) is 5.32 Å². The summed E-state index contributed by atoms with van der Waals surface area (Å²) in [6.45, 7) is 0. The molecule has 1 aromatic heterocycles. The maximum absolute atomic E-state index is 12.4. The zero-order valence-corrected chi connectivity index (χ0v) is 12.8. The molecule has 0 spiro atoms. The van der Waals surface area contributed by atoms with Gasteiger partial charge in [-0.3, -0.25) is 10.1 Å². The molecule has 1 N–H and O–H groups in total. The van der Waals surface area contributed by atoms with E-state index in [2.05, 4.69) is 22.4 Å². The van der Waals surface area contributed by atoms with Crippen molar-refractivity contribution in [3.05, 3.63) is 45.5 Å². The lowest BCUT2D eigenvalue weighted by Crippen LogP contribution is -2.13. The van der Waals surface area contributed by atoms with E-state index >= 15 is 0 Å². The van der Waals surface area contributed by atoms with Crippen molar-refractivity contribution in [3.8, 4) is 0 Å². The zero-order chi connectivity index (χ0) is 14.2. The lowest BCUT2D eigenvalue weighted by Gasteiger charge is -2.16. The second-order valence-electron chi connectivity index (χ2n) is 5.89. The molecular weight excluding hydrogens is 280 g/mol. The number of amides is 1. The van der Waals surface area contributed by atoms with Gasteiger partial charge in [0, 0.05) is 10.4 Å². The van der Waals surface area contributed by atoms with E-state index in [1.807, 2.05) is 6.07 Å². The molecule has 0 unspecified atom stereocenters. The monoisotopic (exact) mass is 298 g/mol. The number of aromatic nitrogens is 1. The van der Waals surface area contributed by atoms with Crippen LogP contribution in [-0.4, -0.2) is 10.9 Å². The Balaban J connectivity index is 1.54. The molecule has 0 saturated heterocycles. The SMILES string of the molecule is O=C(Nc1nc2c(s1)CCC2)c1ccc2c(c1)CCCC2. The smallest absolute Gasteiger partial charge is 0.257 e. The summed E-state index contributed by atoms with van der Waals surface area (Å²) in [5, 5.41) is 3.72. The van der Waals surface area contributed by atoms with Crippen molar-refractivity contribution in [1.82, 2.24) is 4.98 Å². The van der Waals surface area contributed by atoms with Crippen molar-refractivity contribution in [2.24, 2.45) is 0 Å². The van der Waals surface area contributed by atoms with Gasteiger partial charge >= 0.3 is 0 Å². The van der Waals surface area contributed by atoms with Gasteiger partial charge in [-0.15, -0.1) is 11.3 Å².